The molecule has 1 aliphatic rings. The summed E-state index contributed by atoms with van der Waals surface area (Å²) in [6, 6.07) is 8.39. The number of carbonyl (C=O) groups excluding carboxylic acids is 1. The number of carbonyl (C=O) groups is 1. The molecular weight excluding hydrogens is 500 g/mol. The van der Waals surface area contributed by atoms with Crippen molar-refractivity contribution in [3.05, 3.63) is 53.2 Å². The Bertz CT molecular complexity index is 886. The lowest BCUT2D eigenvalue weighted by molar-refractivity contribution is 0.0972. The molecular formula is C21H29FIN5O2. The highest BCUT2D eigenvalue weighted by Crippen LogP contribution is 2.24. The molecule has 7 nitrogen and oxygen atoms in total. The Hall–Kier alpha value is -2.30. The SMILES string of the molecule is CCNC(=NCc1ccc(C(N)=O)o1)NC1CCCN(c2ccc(F)cc2C)C1.I. The molecule has 1 amide bonds. The maximum Gasteiger partial charge on any atom is 0.284 e. The van der Waals surface area contributed by atoms with Crippen LogP contribution in [0.3, 0.4) is 0 Å². The summed E-state index contributed by atoms with van der Waals surface area (Å²) in [4.78, 5) is 18.0. The predicted octanol–water partition coefficient (Wildman–Crippen LogP) is 3.17. The number of amides is 1. The number of furan rings is 1. The number of aryl methyl sites for hydroxylation is 1. The van der Waals surface area contributed by atoms with Crippen LogP contribution in [0.4, 0.5) is 10.1 Å². The zero-order valence-corrected chi connectivity index (χ0v) is 19.6. The number of anilines is 1. The average Bonchev–Trinajstić information content (AvgIpc) is 3.16. The first-order chi connectivity index (χ1) is 14.0. The van der Waals surface area contributed by atoms with Crippen molar-refractivity contribution in [3.63, 3.8) is 0 Å². The van der Waals surface area contributed by atoms with Gasteiger partial charge in [0, 0.05) is 31.4 Å². The van der Waals surface area contributed by atoms with Crippen LogP contribution >= 0.6 is 24.0 Å². The zero-order valence-electron chi connectivity index (χ0n) is 17.3. The van der Waals surface area contributed by atoms with Gasteiger partial charge in [-0.1, -0.05) is 0 Å². The lowest BCUT2D eigenvalue weighted by atomic mass is 10.0. The van der Waals surface area contributed by atoms with Crippen molar-refractivity contribution in [1.29, 1.82) is 0 Å². The Morgan fingerprint density at radius 2 is 2.17 bits per heavy atom. The molecule has 9 heteroatoms. The van der Waals surface area contributed by atoms with E-state index in [9.17, 15) is 9.18 Å². The molecule has 164 valence electrons. The van der Waals surface area contributed by atoms with Gasteiger partial charge in [-0.25, -0.2) is 9.38 Å². The minimum absolute atomic E-state index is 0. The molecule has 30 heavy (non-hydrogen) atoms. The Kier molecular flexibility index (Phi) is 8.94. The molecule has 0 spiro atoms. The van der Waals surface area contributed by atoms with Crippen molar-refractivity contribution >= 4 is 41.5 Å². The highest BCUT2D eigenvalue weighted by Gasteiger charge is 2.22. The van der Waals surface area contributed by atoms with Crippen LogP contribution in [0.5, 0.6) is 0 Å². The van der Waals surface area contributed by atoms with E-state index in [4.69, 9.17) is 10.2 Å². The Morgan fingerprint density at radius 3 is 2.83 bits per heavy atom. The topological polar surface area (TPSA) is 95.9 Å². The maximum atomic E-state index is 13.4. The maximum absolute atomic E-state index is 13.4. The number of halogens is 2. The summed E-state index contributed by atoms with van der Waals surface area (Å²) in [6.07, 6.45) is 2.06. The molecule has 1 aliphatic heterocycles. The van der Waals surface area contributed by atoms with E-state index in [1.165, 1.54) is 6.07 Å². The fourth-order valence-electron chi connectivity index (χ4n) is 3.55. The van der Waals surface area contributed by atoms with Crippen molar-refractivity contribution in [2.75, 3.05) is 24.5 Å². The van der Waals surface area contributed by atoms with E-state index in [0.717, 1.165) is 43.7 Å². The van der Waals surface area contributed by atoms with Crippen molar-refractivity contribution in [2.45, 2.75) is 39.3 Å². The molecule has 3 rings (SSSR count). The summed E-state index contributed by atoms with van der Waals surface area (Å²) in [5.74, 6) is 0.585. The normalized spacial score (nSPS) is 16.7. The van der Waals surface area contributed by atoms with Gasteiger partial charge in [0.25, 0.3) is 5.91 Å². The van der Waals surface area contributed by atoms with Gasteiger partial charge in [-0.05, 0) is 62.6 Å². The zero-order chi connectivity index (χ0) is 20.8. The summed E-state index contributed by atoms with van der Waals surface area (Å²) in [6.45, 7) is 6.72. The molecule has 1 fully saturated rings. The van der Waals surface area contributed by atoms with E-state index < -0.39 is 5.91 Å². The van der Waals surface area contributed by atoms with E-state index >= 15 is 0 Å². The molecule has 0 saturated carbocycles. The molecule has 0 radical (unpaired) electrons. The summed E-state index contributed by atoms with van der Waals surface area (Å²) in [5.41, 5.74) is 7.22. The van der Waals surface area contributed by atoms with Crippen LogP contribution in [0.1, 0.15) is 41.6 Å². The van der Waals surface area contributed by atoms with Gasteiger partial charge in [0.1, 0.15) is 18.1 Å². The first-order valence-corrected chi connectivity index (χ1v) is 9.90. The van der Waals surface area contributed by atoms with Crippen LogP contribution in [0.15, 0.2) is 39.7 Å². The number of hydrogen-bond acceptors (Lipinski definition) is 4. The minimum Gasteiger partial charge on any atom is -0.454 e. The van der Waals surface area contributed by atoms with E-state index in [-0.39, 0.29) is 41.6 Å². The predicted molar refractivity (Wildman–Crippen MR) is 127 cm³/mol. The van der Waals surface area contributed by atoms with Gasteiger partial charge in [-0.2, -0.15) is 0 Å². The molecule has 0 bridgehead atoms. The Morgan fingerprint density at radius 1 is 1.37 bits per heavy atom. The monoisotopic (exact) mass is 529 g/mol. The molecule has 4 N–H and O–H groups in total. The van der Waals surface area contributed by atoms with Gasteiger partial charge < -0.3 is 25.7 Å². The first kappa shape index (κ1) is 24.0. The molecule has 2 aromatic rings. The smallest absolute Gasteiger partial charge is 0.284 e. The van der Waals surface area contributed by atoms with E-state index in [1.807, 2.05) is 19.9 Å². The van der Waals surface area contributed by atoms with Gasteiger partial charge in [0.05, 0.1) is 0 Å². The van der Waals surface area contributed by atoms with Crippen LogP contribution in [0, 0.1) is 12.7 Å². The molecule has 1 atom stereocenters. The van der Waals surface area contributed by atoms with Crippen molar-refractivity contribution in [2.24, 2.45) is 10.7 Å². The molecule has 2 heterocycles. The van der Waals surface area contributed by atoms with E-state index in [2.05, 4.69) is 20.5 Å². The number of benzene rings is 1. The fraction of sp³-hybridized carbons (Fsp3) is 0.429. The molecule has 1 unspecified atom stereocenters. The average molecular weight is 529 g/mol. The largest absolute Gasteiger partial charge is 0.454 e. The Balaban J connectivity index is 0.00000320. The van der Waals surface area contributed by atoms with Crippen LogP contribution in [0.25, 0.3) is 0 Å². The number of rotatable bonds is 6. The van der Waals surface area contributed by atoms with Crippen LogP contribution in [-0.4, -0.2) is 37.5 Å². The van der Waals surface area contributed by atoms with Crippen LogP contribution < -0.4 is 21.3 Å². The quantitative estimate of drug-likeness (QED) is 0.304. The van der Waals surface area contributed by atoms with Gasteiger partial charge >= 0.3 is 0 Å². The van der Waals surface area contributed by atoms with E-state index in [1.54, 1.807) is 18.2 Å². The number of aliphatic imine (C=N–C) groups is 1. The second-order valence-corrected chi connectivity index (χ2v) is 7.19. The summed E-state index contributed by atoms with van der Waals surface area (Å²) in [7, 11) is 0. The number of guanidine groups is 1. The highest BCUT2D eigenvalue weighted by atomic mass is 127. The molecule has 1 aromatic carbocycles. The minimum atomic E-state index is -0.594. The van der Waals surface area contributed by atoms with Crippen molar-refractivity contribution < 1.29 is 13.6 Å². The van der Waals surface area contributed by atoms with Gasteiger partial charge in [-0.3, -0.25) is 4.79 Å². The molecule has 1 saturated heterocycles. The molecule has 1 aromatic heterocycles. The van der Waals surface area contributed by atoms with Gasteiger partial charge in [0.2, 0.25) is 0 Å². The van der Waals surface area contributed by atoms with Crippen LogP contribution in [-0.2, 0) is 6.54 Å². The third kappa shape index (κ3) is 6.35. The van der Waals surface area contributed by atoms with Crippen LogP contribution in [0.2, 0.25) is 0 Å². The number of nitrogens with two attached hydrogens (primary N) is 1. The summed E-state index contributed by atoms with van der Waals surface area (Å²) >= 11 is 0. The number of piperidine rings is 1. The van der Waals surface area contributed by atoms with E-state index in [0.29, 0.717) is 18.3 Å². The summed E-state index contributed by atoms with van der Waals surface area (Å²) in [5, 5.41) is 6.72. The fourth-order valence-corrected chi connectivity index (χ4v) is 3.55. The van der Waals surface area contributed by atoms with Gasteiger partial charge in [0.15, 0.2) is 11.7 Å². The Labute approximate surface area is 193 Å². The van der Waals surface area contributed by atoms with Crippen molar-refractivity contribution in [1.82, 2.24) is 10.6 Å². The number of primary amides is 1. The van der Waals surface area contributed by atoms with Crippen molar-refractivity contribution in [3.8, 4) is 0 Å². The lowest BCUT2D eigenvalue weighted by Crippen LogP contribution is -2.51. The summed E-state index contributed by atoms with van der Waals surface area (Å²) < 4.78 is 18.8. The third-order valence-corrected chi connectivity index (χ3v) is 4.90. The molecule has 0 aliphatic carbocycles. The number of nitrogens with one attached hydrogen (secondary N) is 2. The number of hydrogen-bond donors (Lipinski definition) is 3. The standard InChI is InChI=1S/C21H28FN5O2.HI/c1-3-24-21(25-12-17-7-9-19(29-17)20(23)28)26-16-5-4-10-27(13-16)18-8-6-15(22)11-14(18)2;/h6-9,11,16H,3-5,10,12-13H2,1-2H3,(H2,23,28)(H2,24,25,26);1H. The van der Waals surface area contributed by atoms with Gasteiger partial charge in [-0.15, -0.1) is 24.0 Å². The highest BCUT2D eigenvalue weighted by molar-refractivity contribution is 14.0. The number of nitrogens with zero attached hydrogens (tertiary/aromatic N) is 2. The third-order valence-electron chi connectivity index (χ3n) is 4.90. The first-order valence-electron chi connectivity index (χ1n) is 9.90. The lowest BCUT2D eigenvalue weighted by Gasteiger charge is -2.36. The second kappa shape index (κ2) is 11.2. The second-order valence-electron chi connectivity index (χ2n) is 7.19.